The van der Waals surface area contributed by atoms with Crippen molar-refractivity contribution < 1.29 is 17.9 Å². The molecule has 1 aliphatic carbocycles. The Balaban J connectivity index is 1.95. The molecule has 0 aliphatic heterocycles. The molecule has 5 heteroatoms. The summed E-state index contributed by atoms with van der Waals surface area (Å²) < 4.78 is 38.8. The maximum atomic E-state index is 13.4. The summed E-state index contributed by atoms with van der Waals surface area (Å²) in [4.78, 5) is 0.250. The monoisotopic (exact) mass is 320 g/mol. The van der Waals surface area contributed by atoms with Gasteiger partial charge in [0.2, 0.25) is 0 Å². The van der Waals surface area contributed by atoms with Gasteiger partial charge in [0, 0.05) is 18.4 Å². The number of hydrogen-bond acceptors (Lipinski definition) is 3. The molecule has 0 spiro atoms. The van der Waals surface area contributed by atoms with Crippen molar-refractivity contribution in [3.8, 4) is 0 Å². The quantitative estimate of drug-likeness (QED) is 0.942. The zero-order chi connectivity index (χ0) is 15.9. The predicted octanol–water partition coefficient (Wildman–Crippen LogP) is 2.68. The average molecular weight is 320 g/mol. The Bertz CT molecular complexity index is 784. The fourth-order valence-corrected chi connectivity index (χ4v) is 5.22. The van der Waals surface area contributed by atoms with Gasteiger partial charge in [0.05, 0.1) is 10.1 Å². The fraction of sp³-hybridized carbons (Fsp3) is 0.294. The minimum Gasteiger partial charge on any atom is -0.396 e. The lowest BCUT2D eigenvalue weighted by Crippen LogP contribution is -2.11. The molecular formula is C17H17FO3S. The second kappa shape index (κ2) is 5.48. The molecule has 1 aliphatic rings. The van der Waals surface area contributed by atoms with E-state index in [1.54, 1.807) is 36.4 Å². The molecule has 116 valence electrons. The van der Waals surface area contributed by atoms with Crippen LogP contribution in [0.25, 0.3) is 0 Å². The van der Waals surface area contributed by atoms with Crippen LogP contribution in [0.5, 0.6) is 0 Å². The van der Waals surface area contributed by atoms with E-state index in [2.05, 4.69) is 0 Å². The Kier molecular flexibility index (Phi) is 3.78. The number of halogens is 1. The zero-order valence-electron chi connectivity index (χ0n) is 12.1. The van der Waals surface area contributed by atoms with E-state index < -0.39 is 20.9 Å². The van der Waals surface area contributed by atoms with E-state index in [-0.39, 0.29) is 23.3 Å². The van der Waals surface area contributed by atoms with Gasteiger partial charge >= 0.3 is 0 Å². The lowest BCUT2D eigenvalue weighted by Gasteiger charge is -2.05. The molecule has 0 amide bonds. The molecule has 0 bridgehead atoms. The Labute approximate surface area is 129 Å². The van der Waals surface area contributed by atoms with Crippen molar-refractivity contribution in [3.63, 3.8) is 0 Å². The van der Waals surface area contributed by atoms with Gasteiger partial charge in [0.1, 0.15) is 5.82 Å². The first-order chi connectivity index (χ1) is 10.4. The van der Waals surface area contributed by atoms with Gasteiger partial charge in [-0.1, -0.05) is 29.8 Å². The number of aliphatic hydroxyl groups excluding tert-OH is 1. The molecular weight excluding hydrogens is 303 g/mol. The van der Waals surface area contributed by atoms with Gasteiger partial charge in [0.25, 0.3) is 0 Å². The van der Waals surface area contributed by atoms with Gasteiger partial charge in [0.15, 0.2) is 9.84 Å². The predicted molar refractivity (Wildman–Crippen MR) is 81.9 cm³/mol. The van der Waals surface area contributed by atoms with Crippen molar-refractivity contribution in [1.82, 2.24) is 0 Å². The molecule has 22 heavy (non-hydrogen) atoms. The number of hydrogen-bond donors (Lipinski definition) is 1. The van der Waals surface area contributed by atoms with Crippen molar-refractivity contribution in [3.05, 3.63) is 65.5 Å². The standard InChI is InChI=1S/C17H17FO3S/c1-11-5-7-14(8-6-11)22(20,21)17-15(10-19)16(17)12-3-2-4-13(18)9-12/h2-9,15-17,19H,10H2,1H3/t15-,16-,17+/m0/s1. The summed E-state index contributed by atoms with van der Waals surface area (Å²) in [5.41, 5.74) is 1.61. The van der Waals surface area contributed by atoms with E-state index in [4.69, 9.17) is 0 Å². The van der Waals surface area contributed by atoms with Crippen LogP contribution < -0.4 is 0 Å². The van der Waals surface area contributed by atoms with Gasteiger partial charge < -0.3 is 5.11 Å². The molecule has 2 aromatic rings. The minimum atomic E-state index is -3.54. The second-order valence-corrected chi connectivity index (χ2v) is 7.86. The van der Waals surface area contributed by atoms with Gasteiger partial charge in [-0.05, 0) is 36.8 Å². The highest BCUT2D eigenvalue weighted by atomic mass is 32.2. The fourth-order valence-electron chi connectivity index (χ4n) is 3.02. The maximum Gasteiger partial charge on any atom is 0.182 e. The molecule has 0 heterocycles. The summed E-state index contributed by atoms with van der Waals surface area (Å²) in [6.45, 7) is 1.66. The molecule has 3 rings (SSSR count). The molecule has 3 nitrogen and oxygen atoms in total. The van der Waals surface area contributed by atoms with Crippen LogP contribution in [-0.4, -0.2) is 25.4 Å². The summed E-state index contributed by atoms with van der Waals surface area (Å²) in [6, 6.07) is 12.6. The lowest BCUT2D eigenvalue weighted by atomic mass is 10.1. The highest BCUT2D eigenvalue weighted by Crippen LogP contribution is 2.53. The SMILES string of the molecule is Cc1ccc(S(=O)(=O)[C@@H]2[C@@H](CO)[C@@H]2c2cccc(F)c2)cc1. The second-order valence-electron chi connectivity index (χ2n) is 5.75. The Morgan fingerprint density at radius 2 is 1.82 bits per heavy atom. The molecule has 0 unspecified atom stereocenters. The van der Waals surface area contributed by atoms with E-state index in [1.165, 1.54) is 12.1 Å². The summed E-state index contributed by atoms with van der Waals surface area (Å²) in [5, 5.41) is 8.78. The third kappa shape index (κ3) is 2.55. The van der Waals surface area contributed by atoms with E-state index in [0.717, 1.165) is 5.56 Å². The minimum absolute atomic E-state index is 0.225. The highest BCUT2D eigenvalue weighted by Gasteiger charge is 2.58. The van der Waals surface area contributed by atoms with E-state index in [0.29, 0.717) is 5.56 Å². The molecule has 1 saturated carbocycles. The average Bonchev–Trinajstić information content (AvgIpc) is 3.23. The topological polar surface area (TPSA) is 54.4 Å². The van der Waals surface area contributed by atoms with Crippen LogP contribution in [0.1, 0.15) is 17.0 Å². The van der Waals surface area contributed by atoms with Crippen LogP contribution in [-0.2, 0) is 9.84 Å². The molecule has 1 N–H and O–H groups in total. The van der Waals surface area contributed by atoms with Crippen LogP contribution >= 0.6 is 0 Å². The van der Waals surface area contributed by atoms with Gasteiger partial charge in [-0.2, -0.15) is 0 Å². The smallest absolute Gasteiger partial charge is 0.182 e. The van der Waals surface area contributed by atoms with Crippen LogP contribution in [0, 0.1) is 18.7 Å². The largest absolute Gasteiger partial charge is 0.396 e. The zero-order valence-corrected chi connectivity index (χ0v) is 12.9. The summed E-state index contributed by atoms with van der Waals surface area (Å²) in [7, 11) is -3.54. The molecule has 1 fully saturated rings. The van der Waals surface area contributed by atoms with Crippen LogP contribution in [0.3, 0.4) is 0 Å². The number of sulfone groups is 1. The first-order valence-electron chi connectivity index (χ1n) is 7.12. The summed E-state index contributed by atoms with van der Waals surface area (Å²) in [5.74, 6) is -1.13. The van der Waals surface area contributed by atoms with Crippen molar-refractivity contribution >= 4 is 9.84 Å². The van der Waals surface area contributed by atoms with Crippen LogP contribution in [0.4, 0.5) is 4.39 Å². The number of aliphatic hydroxyl groups is 1. The molecule has 3 atom stereocenters. The Morgan fingerprint density at radius 1 is 1.14 bits per heavy atom. The normalized spacial score (nSPS) is 24.2. The first-order valence-corrected chi connectivity index (χ1v) is 8.66. The van der Waals surface area contributed by atoms with Gasteiger partial charge in [-0.25, -0.2) is 12.8 Å². The number of rotatable bonds is 4. The van der Waals surface area contributed by atoms with Crippen molar-refractivity contribution in [2.45, 2.75) is 23.0 Å². The number of aryl methyl sites for hydroxylation is 1. The van der Waals surface area contributed by atoms with E-state index in [9.17, 15) is 17.9 Å². The van der Waals surface area contributed by atoms with E-state index in [1.807, 2.05) is 6.92 Å². The highest BCUT2D eigenvalue weighted by molar-refractivity contribution is 7.92. The summed E-state index contributed by atoms with van der Waals surface area (Å²) >= 11 is 0. The Hall–Kier alpha value is -1.72. The third-order valence-electron chi connectivity index (χ3n) is 4.25. The van der Waals surface area contributed by atoms with Crippen molar-refractivity contribution in [2.24, 2.45) is 5.92 Å². The van der Waals surface area contributed by atoms with Crippen molar-refractivity contribution in [1.29, 1.82) is 0 Å². The first kappa shape index (κ1) is 15.2. The molecule has 2 aromatic carbocycles. The summed E-state index contributed by atoms with van der Waals surface area (Å²) in [6.07, 6.45) is 0. The molecule has 0 radical (unpaired) electrons. The van der Waals surface area contributed by atoms with Crippen LogP contribution in [0.2, 0.25) is 0 Å². The van der Waals surface area contributed by atoms with Gasteiger partial charge in [-0.3, -0.25) is 0 Å². The van der Waals surface area contributed by atoms with Crippen molar-refractivity contribution in [2.75, 3.05) is 6.61 Å². The van der Waals surface area contributed by atoms with Crippen LogP contribution in [0.15, 0.2) is 53.4 Å². The number of benzene rings is 2. The molecule has 0 saturated heterocycles. The lowest BCUT2D eigenvalue weighted by molar-refractivity contribution is 0.274. The Morgan fingerprint density at radius 3 is 2.41 bits per heavy atom. The van der Waals surface area contributed by atoms with Gasteiger partial charge in [-0.15, -0.1) is 0 Å². The maximum absolute atomic E-state index is 13.4. The molecule has 0 aromatic heterocycles. The third-order valence-corrected chi connectivity index (χ3v) is 6.54. The van der Waals surface area contributed by atoms with E-state index >= 15 is 0 Å².